The normalized spacial score (nSPS) is 45.4. The Morgan fingerprint density at radius 3 is 2.33 bits per heavy atom. The topological polar surface area (TPSA) is 41.8 Å². The summed E-state index contributed by atoms with van der Waals surface area (Å²) in [7, 11) is -1.71. The second-order valence-electron chi connectivity index (χ2n) is 14.6. The molecule has 0 radical (unpaired) electrons. The molecule has 3 nitrogen and oxygen atoms in total. The number of nitrogens with zero attached hydrogens (tertiary/aromatic N) is 1. The largest absolute Gasteiger partial charge is 0.414 e. The summed E-state index contributed by atoms with van der Waals surface area (Å²) in [5, 5.41) is 12.9. The summed E-state index contributed by atoms with van der Waals surface area (Å²) in [5.41, 5.74) is 3.70. The van der Waals surface area contributed by atoms with Crippen LogP contribution in [0, 0.1) is 40.4 Å². The van der Waals surface area contributed by atoms with Gasteiger partial charge in [-0.25, -0.2) is 0 Å². The van der Waals surface area contributed by atoms with Crippen molar-refractivity contribution in [3.63, 3.8) is 0 Å². The Bertz CT molecular complexity index is 833. The monoisotopic (exact) mass is 471 g/mol. The molecule has 0 spiro atoms. The first kappa shape index (κ1) is 24.1. The van der Waals surface area contributed by atoms with Crippen LogP contribution >= 0.6 is 0 Å². The highest BCUT2D eigenvalue weighted by Crippen LogP contribution is 2.68. The Morgan fingerprint density at radius 1 is 0.970 bits per heavy atom. The van der Waals surface area contributed by atoms with Gasteiger partial charge in [0.15, 0.2) is 8.32 Å². The fourth-order valence-electron chi connectivity index (χ4n) is 9.05. The zero-order chi connectivity index (χ0) is 23.8. The molecule has 4 saturated carbocycles. The molecular formula is C29H49NO2Si. The van der Waals surface area contributed by atoms with Crippen molar-refractivity contribution in [3.8, 4) is 0 Å². The minimum absolute atomic E-state index is 0.289. The molecule has 33 heavy (non-hydrogen) atoms. The number of hydrogen-bond acceptors (Lipinski definition) is 3. The molecule has 5 aliphatic rings. The van der Waals surface area contributed by atoms with E-state index < -0.39 is 8.32 Å². The molecule has 5 rings (SSSR count). The van der Waals surface area contributed by atoms with Crippen LogP contribution in [-0.4, -0.2) is 25.3 Å². The van der Waals surface area contributed by atoms with Gasteiger partial charge >= 0.3 is 0 Å². The van der Waals surface area contributed by atoms with Gasteiger partial charge < -0.3 is 9.63 Å². The summed E-state index contributed by atoms with van der Waals surface area (Å²) >= 11 is 0. The van der Waals surface area contributed by atoms with Crippen LogP contribution in [-0.2, 0) is 4.43 Å². The summed E-state index contributed by atoms with van der Waals surface area (Å²) in [6.07, 6.45) is 16.0. The maximum Gasteiger partial charge on any atom is 0.192 e. The second kappa shape index (κ2) is 7.95. The highest BCUT2D eigenvalue weighted by molar-refractivity contribution is 6.74. The molecule has 2 unspecified atom stereocenters. The average molecular weight is 472 g/mol. The van der Waals surface area contributed by atoms with E-state index in [1.54, 1.807) is 5.57 Å². The molecule has 4 heteroatoms. The molecule has 0 amide bonds. The van der Waals surface area contributed by atoms with Gasteiger partial charge in [-0.2, -0.15) is 0 Å². The molecule has 0 aromatic carbocycles. The minimum Gasteiger partial charge on any atom is -0.414 e. The fourth-order valence-corrected chi connectivity index (χ4v) is 10.4. The smallest absolute Gasteiger partial charge is 0.192 e. The van der Waals surface area contributed by atoms with Gasteiger partial charge in [0, 0.05) is 6.10 Å². The maximum absolute atomic E-state index is 9.13. The fraction of sp³-hybridized carbons (Fsp3) is 0.897. The third kappa shape index (κ3) is 3.72. The van der Waals surface area contributed by atoms with Gasteiger partial charge in [0.1, 0.15) is 0 Å². The van der Waals surface area contributed by atoms with Crippen molar-refractivity contribution in [2.45, 2.75) is 123 Å². The summed E-state index contributed by atoms with van der Waals surface area (Å²) < 4.78 is 6.91. The zero-order valence-electron chi connectivity index (χ0n) is 22.4. The third-order valence-electron chi connectivity index (χ3n) is 12.1. The van der Waals surface area contributed by atoms with Crippen LogP contribution in [0.15, 0.2) is 16.8 Å². The van der Waals surface area contributed by atoms with E-state index in [4.69, 9.17) is 9.63 Å². The molecule has 1 N–H and O–H groups in total. The number of oxime groups is 1. The molecule has 0 saturated heterocycles. The van der Waals surface area contributed by atoms with Crippen molar-refractivity contribution in [2.75, 3.05) is 0 Å². The third-order valence-corrected chi connectivity index (χ3v) is 16.6. The number of rotatable bonds is 3. The van der Waals surface area contributed by atoms with Crippen LogP contribution in [0.2, 0.25) is 18.1 Å². The van der Waals surface area contributed by atoms with E-state index in [9.17, 15) is 0 Å². The number of allylic oxidation sites excluding steroid dienone is 1. The molecule has 0 aromatic rings. The van der Waals surface area contributed by atoms with Gasteiger partial charge in [-0.05, 0) is 123 Å². The Hall–Kier alpha value is -0.613. The predicted molar refractivity (Wildman–Crippen MR) is 139 cm³/mol. The summed E-state index contributed by atoms with van der Waals surface area (Å²) in [6, 6.07) is 0. The SMILES string of the molecule is CC(C)(C)[Si](C)(C)OC1CC[C@@]2(C)C(=CC[C@@H]3[C@@H]2CC[C@]2(C)C(C4CC(=NO)C4)CC[C@@H]32)C1. The van der Waals surface area contributed by atoms with E-state index >= 15 is 0 Å². The first-order valence-electron chi connectivity index (χ1n) is 14.0. The van der Waals surface area contributed by atoms with Crippen LogP contribution < -0.4 is 0 Å². The zero-order valence-corrected chi connectivity index (χ0v) is 23.4. The number of hydrogen-bond donors (Lipinski definition) is 1. The lowest BCUT2D eigenvalue weighted by Gasteiger charge is -2.59. The number of fused-ring (bicyclic) bond motifs is 5. The molecule has 0 aliphatic heterocycles. The lowest BCUT2D eigenvalue weighted by Crippen LogP contribution is -2.52. The van der Waals surface area contributed by atoms with Gasteiger partial charge in [0.25, 0.3) is 0 Å². The minimum atomic E-state index is -1.71. The van der Waals surface area contributed by atoms with Crippen LogP contribution in [0.1, 0.15) is 98.8 Å². The van der Waals surface area contributed by atoms with Crippen molar-refractivity contribution in [2.24, 2.45) is 45.6 Å². The Balaban J connectivity index is 1.31. The maximum atomic E-state index is 9.13. The molecule has 186 valence electrons. The van der Waals surface area contributed by atoms with Gasteiger partial charge in [-0.3, -0.25) is 0 Å². The lowest BCUT2D eigenvalue weighted by atomic mass is 9.46. The van der Waals surface area contributed by atoms with Crippen molar-refractivity contribution in [1.82, 2.24) is 0 Å². The molecule has 0 aromatic heterocycles. The van der Waals surface area contributed by atoms with Crippen molar-refractivity contribution < 1.29 is 9.63 Å². The highest BCUT2D eigenvalue weighted by Gasteiger charge is 2.60. The highest BCUT2D eigenvalue weighted by atomic mass is 28.4. The molecule has 5 aliphatic carbocycles. The summed E-state index contributed by atoms with van der Waals surface area (Å²) in [4.78, 5) is 0. The first-order valence-corrected chi connectivity index (χ1v) is 16.9. The standard InChI is InChI=1S/C29H49NO2Si/c1-27(2,3)33(6,7)32-22-12-14-28(4)20(18-22)8-9-23-25-11-10-24(19-16-21(17-19)30-31)29(25,5)15-13-26(23)28/h8,19,22-26,31H,9-18H2,1-7H3/t19?,22?,23-,24?,25-,26-,28-,29+/m0/s1. The van der Waals surface area contributed by atoms with Gasteiger partial charge in [-0.15, -0.1) is 0 Å². The van der Waals surface area contributed by atoms with Crippen LogP contribution in [0.3, 0.4) is 0 Å². The second-order valence-corrected chi connectivity index (χ2v) is 19.3. The molecule has 7 atom stereocenters. The predicted octanol–water partition coefficient (Wildman–Crippen LogP) is 8.20. The Morgan fingerprint density at radius 2 is 1.67 bits per heavy atom. The van der Waals surface area contributed by atoms with E-state index in [0.29, 0.717) is 16.9 Å². The average Bonchev–Trinajstić information content (AvgIpc) is 3.03. The summed E-state index contributed by atoms with van der Waals surface area (Å²) in [5.74, 6) is 4.27. The molecule has 0 bridgehead atoms. The van der Waals surface area contributed by atoms with Crippen LogP contribution in [0.25, 0.3) is 0 Å². The Kier molecular flexibility index (Phi) is 5.80. The van der Waals surface area contributed by atoms with E-state index in [2.05, 4.69) is 58.9 Å². The van der Waals surface area contributed by atoms with Crippen molar-refractivity contribution in [3.05, 3.63) is 11.6 Å². The van der Waals surface area contributed by atoms with E-state index in [-0.39, 0.29) is 5.04 Å². The molecular weight excluding hydrogens is 422 g/mol. The lowest BCUT2D eigenvalue weighted by molar-refractivity contribution is -0.0579. The van der Waals surface area contributed by atoms with Crippen molar-refractivity contribution in [1.29, 1.82) is 0 Å². The Labute approximate surface area is 204 Å². The first-order chi connectivity index (χ1) is 15.4. The van der Waals surface area contributed by atoms with Crippen LogP contribution in [0.4, 0.5) is 0 Å². The van der Waals surface area contributed by atoms with E-state index in [1.807, 2.05) is 0 Å². The van der Waals surface area contributed by atoms with E-state index in [1.165, 1.54) is 51.4 Å². The van der Waals surface area contributed by atoms with Gasteiger partial charge in [0.2, 0.25) is 0 Å². The summed E-state index contributed by atoms with van der Waals surface area (Å²) in [6.45, 7) is 17.2. The van der Waals surface area contributed by atoms with Crippen molar-refractivity contribution >= 4 is 14.0 Å². The quantitative estimate of drug-likeness (QED) is 0.195. The molecule has 4 fully saturated rings. The van der Waals surface area contributed by atoms with Crippen LogP contribution in [0.5, 0.6) is 0 Å². The molecule has 0 heterocycles. The van der Waals surface area contributed by atoms with Gasteiger partial charge in [-0.1, -0.05) is 51.4 Å². The van der Waals surface area contributed by atoms with E-state index in [0.717, 1.165) is 48.1 Å². The van der Waals surface area contributed by atoms with Gasteiger partial charge in [0.05, 0.1) is 5.71 Å².